The summed E-state index contributed by atoms with van der Waals surface area (Å²) < 4.78 is 14.7. The van der Waals surface area contributed by atoms with Gasteiger partial charge in [-0.1, -0.05) is 12.1 Å². The van der Waals surface area contributed by atoms with Crippen molar-refractivity contribution in [3.05, 3.63) is 63.3 Å². The number of nitrogens with one attached hydrogen (secondary N) is 1. The van der Waals surface area contributed by atoms with Crippen LogP contribution in [0.4, 0.5) is 4.39 Å². The van der Waals surface area contributed by atoms with E-state index in [1.165, 1.54) is 18.3 Å². The molecule has 0 radical (unpaired) electrons. The van der Waals surface area contributed by atoms with Gasteiger partial charge in [-0.25, -0.2) is 4.39 Å². The third-order valence-corrected chi connectivity index (χ3v) is 8.36. The standard InChI is InChI=1S/C25H29FN4O4S/c1-15-6-9-29(18-7-10-35-11-8-18)20-14-28-13-19(22(31)23(32)21(28)25(34)30(15)20)24(33)27-12-16-2-4-17(26)5-3-16/h2-5,13,15,18,20,32H,6-12,14H2,1H3,(H,27,33)/t15-,20?/m0/s1. The van der Waals surface area contributed by atoms with Crippen molar-refractivity contribution in [3.8, 4) is 5.75 Å². The zero-order valence-corrected chi connectivity index (χ0v) is 20.4. The highest BCUT2D eigenvalue weighted by Gasteiger charge is 2.45. The van der Waals surface area contributed by atoms with Crippen LogP contribution in [-0.4, -0.2) is 67.6 Å². The molecule has 35 heavy (non-hydrogen) atoms. The third-order valence-electron chi connectivity index (χ3n) is 7.31. The van der Waals surface area contributed by atoms with Gasteiger partial charge in [0.1, 0.15) is 17.5 Å². The topological polar surface area (TPSA) is 94.9 Å². The SMILES string of the molecule is C[C@H]1CCN(C2CCSCC2)C2Cn3cc(C(=O)NCc4ccc(F)cc4)c(=O)c(O)c3C(=O)N21. The molecule has 0 spiro atoms. The molecule has 3 aliphatic heterocycles. The molecule has 1 unspecified atom stereocenters. The predicted octanol–water partition coefficient (Wildman–Crippen LogP) is 2.39. The van der Waals surface area contributed by atoms with E-state index >= 15 is 0 Å². The lowest BCUT2D eigenvalue weighted by Crippen LogP contribution is -2.66. The Morgan fingerprint density at radius 3 is 2.60 bits per heavy atom. The molecule has 1 aromatic heterocycles. The Hall–Kier alpha value is -2.85. The summed E-state index contributed by atoms with van der Waals surface area (Å²) >= 11 is 1.95. The number of thioether (sulfide) groups is 1. The molecule has 5 rings (SSSR count). The van der Waals surface area contributed by atoms with Crippen LogP contribution in [0.1, 0.15) is 52.6 Å². The number of carbonyl (C=O) groups is 2. The van der Waals surface area contributed by atoms with Crippen LogP contribution in [0.25, 0.3) is 0 Å². The molecule has 2 aromatic rings. The minimum atomic E-state index is -0.870. The molecule has 2 atom stereocenters. The number of rotatable bonds is 4. The number of hydrogen-bond acceptors (Lipinski definition) is 6. The highest BCUT2D eigenvalue weighted by Crippen LogP contribution is 2.34. The van der Waals surface area contributed by atoms with Crippen LogP contribution in [0.3, 0.4) is 0 Å². The van der Waals surface area contributed by atoms with Crippen LogP contribution in [0.2, 0.25) is 0 Å². The number of aromatic hydroxyl groups is 1. The van der Waals surface area contributed by atoms with Gasteiger partial charge in [-0.2, -0.15) is 11.8 Å². The molecule has 2 fully saturated rings. The van der Waals surface area contributed by atoms with E-state index in [0.717, 1.165) is 37.3 Å². The van der Waals surface area contributed by atoms with Crippen molar-refractivity contribution in [1.29, 1.82) is 0 Å². The number of carbonyl (C=O) groups excluding carboxylic acids is 2. The molecule has 2 amide bonds. The summed E-state index contributed by atoms with van der Waals surface area (Å²) in [5, 5.41) is 13.4. The van der Waals surface area contributed by atoms with Gasteiger partial charge >= 0.3 is 0 Å². The number of fused-ring (bicyclic) bond motifs is 2. The number of pyridine rings is 1. The number of amides is 2. The van der Waals surface area contributed by atoms with E-state index in [1.807, 2.05) is 18.7 Å². The Balaban J connectivity index is 1.44. The van der Waals surface area contributed by atoms with Crippen molar-refractivity contribution in [2.45, 2.75) is 57.5 Å². The van der Waals surface area contributed by atoms with Gasteiger partial charge in [0.15, 0.2) is 11.4 Å². The summed E-state index contributed by atoms with van der Waals surface area (Å²) in [5.74, 6) is 0.0880. The van der Waals surface area contributed by atoms with E-state index in [-0.39, 0.29) is 41.7 Å². The van der Waals surface area contributed by atoms with Crippen LogP contribution < -0.4 is 10.7 Å². The zero-order chi connectivity index (χ0) is 24.7. The molecule has 0 saturated carbocycles. The summed E-state index contributed by atoms with van der Waals surface area (Å²) in [4.78, 5) is 43.5. The fourth-order valence-electron chi connectivity index (χ4n) is 5.41. The van der Waals surface area contributed by atoms with Crippen LogP contribution in [0.15, 0.2) is 35.3 Å². The van der Waals surface area contributed by atoms with Crippen molar-refractivity contribution < 1.29 is 19.1 Å². The molecule has 2 saturated heterocycles. The van der Waals surface area contributed by atoms with Gasteiger partial charge in [-0.15, -0.1) is 0 Å². The molecule has 0 aliphatic carbocycles. The summed E-state index contributed by atoms with van der Waals surface area (Å²) in [5.41, 5.74) is -0.482. The fourth-order valence-corrected chi connectivity index (χ4v) is 6.49. The number of hydrogen-bond donors (Lipinski definition) is 2. The molecule has 186 valence electrons. The number of nitrogens with zero attached hydrogens (tertiary/aromatic N) is 3. The second-order valence-electron chi connectivity index (χ2n) is 9.44. The van der Waals surface area contributed by atoms with E-state index in [2.05, 4.69) is 10.2 Å². The van der Waals surface area contributed by atoms with Gasteiger partial charge < -0.3 is 19.9 Å². The molecule has 8 nitrogen and oxygen atoms in total. The van der Waals surface area contributed by atoms with Gasteiger partial charge in [-0.3, -0.25) is 19.3 Å². The Labute approximate surface area is 207 Å². The van der Waals surface area contributed by atoms with E-state index in [1.54, 1.807) is 21.6 Å². The van der Waals surface area contributed by atoms with Gasteiger partial charge in [0, 0.05) is 31.4 Å². The first-order valence-electron chi connectivity index (χ1n) is 12.0. The van der Waals surface area contributed by atoms with Crippen molar-refractivity contribution in [1.82, 2.24) is 19.7 Å². The van der Waals surface area contributed by atoms with Crippen LogP contribution in [0.5, 0.6) is 5.75 Å². The lowest BCUT2D eigenvalue weighted by atomic mass is 9.99. The van der Waals surface area contributed by atoms with Crippen molar-refractivity contribution in [2.75, 3.05) is 18.1 Å². The molecule has 0 bridgehead atoms. The Kier molecular flexibility index (Phi) is 6.59. The number of aromatic nitrogens is 1. The molecule has 1 aromatic carbocycles. The van der Waals surface area contributed by atoms with Crippen LogP contribution >= 0.6 is 11.8 Å². The van der Waals surface area contributed by atoms with E-state index < -0.39 is 17.1 Å². The second-order valence-corrected chi connectivity index (χ2v) is 10.7. The third kappa shape index (κ3) is 4.45. The molecule has 2 N–H and O–H groups in total. The smallest absolute Gasteiger partial charge is 0.276 e. The van der Waals surface area contributed by atoms with Crippen molar-refractivity contribution in [2.24, 2.45) is 0 Å². The van der Waals surface area contributed by atoms with Crippen molar-refractivity contribution >= 4 is 23.6 Å². The predicted molar refractivity (Wildman–Crippen MR) is 131 cm³/mol. The maximum absolute atomic E-state index is 13.5. The Bertz CT molecular complexity index is 1200. The van der Waals surface area contributed by atoms with Gasteiger partial charge in [0.25, 0.3) is 11.8 Å². The normalized spacial score (nSPS) is 23.0. The zero-order valence-electron chi connectivity index (χ0n) is 19.6. The first kappa shape index (κ1) is 23.9. The first-order valence-corrected chi connectivity index (χ1v) is 13.2. The maximum Gasteiger partial charge on any atom is 0.276 e. The van der Waals surface area contributed by atoms with Gasteiger partial charge in [-0.05, 0) is 55.4 Å². The second kappa shape index (κ2) is 9.66. The first-order chi connectivity index (χ1) is 16.8. The van der Waals surface area contributed by atoms with E-state index in [9.17, 15) is 23.9 Å². The van der Waals surface area contributed by atoms with Crippen molar-refractivity contribution in [3.63, 3.8) is 0 Å². The number of benzene rings is 1. The molecular formula is C25H29FN4O4S. The quantitative estimate of drug-likeness (QED) is 0.670. The Morgan fingerprint density at radius 2 is 1.89 bits per heavy atom. The average molecular weight is 501 g/mol. The summed E-state index contributed by atoms with van der Waals surface area (Å²) in [7, 11) is 0. The minimum absolute atomic E-state index is 0.0105. The average Bonchev–Trinajstić information content (AvgIpc) is 2.86. The Morgan fingerprint density at radius 1 is 1.17 bits per heavy atom. The van der Waals surface area contributed by atoms with Gasteiger partial charge in [0.2, 0.25) is 5.43 Å². The summed E-state index contributed by atoms with van der Waals surface area (Å²) in [6.45, 7) is 3.36. The lowest BCUT2D eigenvalue weighted by molar-refractivity contribution is -0.0530. The summed E-state index contributed by atoms with van der Waals surface area (Å²) in [6.07, 6.45) is 4.17. The lowest BCUT2D eigenvalue weighted by Gasteiger charge is -2.53. The highest BCUT2D eigenvalue weighted by atomic mass is 32.2. The summed E-state index contributed by atoms with van der Waals surface area (Å²) in [6, 6.07) is 6.05. The molecule has 3 aliphatic rings. The monoisotopic (exact) mass is 500 g/mol. The highest BCUT2D eigenvalue weighted by molar-refractivity contribution is 7.99. The fraction of sp³-hybridized carbons (Fsp3) is 0.480. The van der Waals surface area contributed by atoms with Crippen LogP contribution in [0, 0.1) is 5.82 Å². The number of halogens is 1. The molecular weight excluding hydrogens is 471 g/mol. The van der Waals surface area contributed by atoms with Crippen LogP contribution in [-0.2, 0) is 13.1 Å². The molecule has 4 heterocycles. The minimum Gasteiger partial charge on any atom is -0.503 e. The largest absolute Gasteiger partial charge is 0.503 e. The van der Waals surface area contributed by atoms with Gasteiger partial charge in [0.05, 0.1) is 6.54 Å². The maximum atomic E-state index is 13.5. The molecule has 10 heteroatoms. The van der Waals surface area contributed by atoms with E-state index in [0.29, 0.717) is 18.2 Å². The van der Waals surface area contributed by atoms with E-state index in [4.69, 9.17) is 0 Å².